The normalized spacial score (nSPS) is 24.4. The van der Waals surface area contributed by atoms with Gasteiger partial charge in [0.25, 0.3) is 0 Å². The van der Waals surface area contributed by atoms with Crippen molar-refractivity contribution in [3.63, 3.8) is 0 Å². The van der Waals surface area contributed by atoms with E-state index in [1.807, 2.05) is 0 Å². The van der Waals surface area contributed by atoms with Gasteiger partial charge in [0.15, 0.2) is 5.13 Å². The molecule has 118 valence electrons. The van der Waals surface area contributed by atoms with E-state index in [-0.39, 0.29) is 23.1 Å². The van der Waals surface area contributed by atoms with Gasteiger partial charge in [-0.1, -0.05) is 32.1 Å². The summed E-state index contributed by atoms with van der Waals surface area (Å²) < 4.78 is 14.0. The molecule has 0 saturated heterocycles. The Balaban J connectivity index is 1.75. The molecule has 1 heterocycles. The number of hydrogen-bond acceptors (Lipinski definition) is 3. The molecule has 1 aliphatic carbocycles. The number of aromatic nitrogens is 1. The Hall–Kier alpha value is -1.49. The summed E-state index contributed by atoms with van der Waals surface area (Å²) in [7, 11) is 0. The summed E-state index contributed by atoms with van der Waals surface area (Å²) in [6.45, 7) is 6.66. The second kappa shape index (κ2) is 5.61. The first kappa shape index (κ1) is 15.4. The maximum atomic E-state index is 13.2. The number of anilines is 1. The van der Waals surface area contributed by atoms with E-state index in [1.165, 1.54) is 23.5 Å². The molecule has 0 bridgehead atoms. The first-order valence-corrected chi connectivity index (χ1v) is 8.51. The van der Waals surface area contributed by atoms with Crippen molar-refractivity contribution in [1.82, 2.24) is 4.98 Å². The predicted octanol–water partition coefficient (Wildman–Crippen LogP) is 4.84. The van der Waals surface area contributed by atoms with Crippen LogP contribution < -0.4 is 5.32 Å². The van der Waals surface area contributed by atoms with E-state index in [2.05, 4.69) is 31.1 Å². The van der Waals surface area contributed by atoms with E-state index >= 15 is 0 Å². The van der Waals surface area contributed by atoms with E-state index in [4.69, 9.17) is 0 Å². The summed E-state index contributed by atoms with van der Waals surface area (Å²) in [6.07, 6.45) is 2.99. The number of nitrogens with zero attached hydrogens (tertiary/aromatic N) is 1. The van der Waals surface area contributed by atoms with Crippen molar-refractivity contribution >= 4 is 32.6 Å². The standard InChI is InChI=1S/C17H21FN2OS/c1-10-6-11(9-17(2,3)8-10)15(21)20-16-19-13-5-4-12(18)7-14(13)22-16/h4-5,7,10-11H,6,8-9H2,1-3H3,(H,19,20,21). The maximum absolute atomic E-state index is 13.2. The van der Waals surface area contributed by atoms with Gasteiger partial charge in [0.2, 0.25) is 5.91 Å². The van der Waals surface area contributed by atoms with Crippen LogP contribution in [0.4, 0.5) is 9.52 Å². The fraction of sp³-hybridized carbons (Fsp3) is 0.529. The van der Waals surface area contributed by atoms with Crippen molar-refractivity contribution in [2.24, 2.45) is 17.3 Å². The van der Waals surface area contributed by atoms with Gasteiger partial charge in [-0.2, -0.15) is 0 Å². The van der Waals surface area contributed by atoms with Crippen LogP contribution in [0.15, 0.2) is 18.2 Å². The molecule has 1 aliphatic rings. The van der Waals surface area contributed by atoms with Crippen molar-refractivity contribution in [3.05, 3.63) is 24.0 Å². The quantitative estimate of drug-likeness (QED) is 0.860. The lowest BCUT2D eigenvalue weighted by atomic mass is 9.68. The molecule has 22 heavy (non-hydrogen) atoms. The zero-order valence-electron chi connectivity index (χ0n) is 13.1. The second-order valence-corrected chi connectivity index (χ2v) is 8.26. The van der Waals surface area contributed by atoms with Gasteiger partial charge in [0.05, 0.1) is 10.2 Å². The first-order valence-electron chi connectivity index (χ1n) is 7.69. The third-order valence-corrected chi connectivity index (χ3v) is 5.27. The lowest BCUT2D eigenvalue weighted by Crippen LogP contribution is -2.34. The van der Waals surface area contributed by atoms with Gasteiger partial charge < -0.3 is 5.32 Å². The smallest absolute Gasteiger partial charge is 0.229 e. The Bertz CT molecular complexity index is 710. The van der Waals surface area contributed by atoms with Crippen LogP contribution >= 0.6 is 11.3 Å². The SMILES string of the molecule is CC1CC(C(=O)Nc2nc3ccc(F)cc3s2)CC(C)(C)C1. The number of thiazole rings is 1. The highest BCUT2D eigenvalue weighted by molar-refractivity contribution is 7.22. The zero-order chi connectivity index (χ0) is 15.9. The number of fused-ring (bicyclic) bond motifs is 1. The predicted molar refractivity (Wildman–Crippen MR) is 88.5 cm³/mol. The minimum Gasteiger partial charge on any atom is -0.302 e. The van der Waals surface area contributed by atoms with Crippen LogP contribution in [-0.4, -0.2) is 10.9 Å². The van der Waals surface area contributed by atoms with Crippen LogP contribution in [0.1, 0.15) is 40.0 Å². The summed E-state index contributed by atoms with van der Waals surface area (Å²) in [5, 5.41) is 3.48. The molecule has 5 heteroatoms. The van der Waals surface area contributed by atoms with Gasteiger partial charge in [-0.05, 0) is 48.8 Å². The van der Waals surface area contributed by atoms with Crippen molar-refractivity contribution in [2.75, 3.05) is 5.32 Å². The van der Waals surface area contributed by atoms with Crippen molar-refractivity contribution in [3.8, 4) is 0 Å². The number of nitrogens with one attached hydrogen (secondary N) is 1. The van der Waals surface area contributed by atoms with Gasteiger partial charge in [-0.25, -0.2) is 9.37 Å². The zero-order valence-corrected chi connectivity index (χ0v) is 14.0. The molecule has 1 amide bonds. The summed E-state index contributed by atoms with van der Waals surface area (Å²) >= 11 is 1.32. The highest BCUT2D eigenvalue weighted by atomic mass is 32.1. The van der Waals surface area contributed by atoms with E-state index in [1.54, 1.807) is 6.07 Å². The molecule has 3 rings (SSSR count). The van der Waals surface area contributed by atoms with Crippen LogP contribution in [0.25, 0.3) is 10.2 Å². The van der Waals surface area contributed by atoms with Crippen LogP contribution in [0, 0.1) is 23.1 Å². The van der Waals surface area contributed by atoms with Gasteiger partial charge in [-0.3, -0.25) is 4.79 Å². The molecule has 2 unspecified atom stereocenters. The van der Waals surface area contributed by atoms with Gasteiger partial charge in [-0.15, -0.1) is 0 Å². The number of halogens is 1. The number of rotatable bonds is 2. The van der Waals surface area contributed by atoms with Gasteiger partial charge in [0.1, 0.15) is 5.82 Å². The fourth-order valence-electron chi connectivity index (χ4n) is 3.71. The molecule has 0 aliphatic heterocycles. The lowest BCUT2D eigenvalue weighted by molar-refractivity contribution is -0.122. The van der Waals surface area contributed by atoms with Crippen molar-refractivity contribution in [1.29, 1.82) is 0 Å². The molecule has 2 atom stereocenters. The van der Waals surface area contributed by atoms with E-state index in [0.29, 0.717) is 11.0 Å². The lowest BCUT2D eigenvalue weighted by Gasteiger charge is -2.38. The molecule has 1 fully saturated rings. The number of carbonyl (C=O) groups excluding carboxylic acids is 1. The van der Waals surface area contributed by atoms with Gasteiger partial charge >= 0.3 is 0 Å². The monoisotopic (exact) mass is 320 g/mol. The van der Waals surface area contributed by atoms with Crippen molar-refractivity contribution < 1.29 is 9.18 Å². The second-order valence-electron chi connectivity index (χ2n) is 7.23. The molecule has 0 radical (unpaired) electrons. The van der Waals surface area contributed by atoms with E-state index in [0.717, 1.165) is 29.5 Å². The molecule has 1 saturated carbocycles. The third kappa shape index (κ3) is 3.29. The Morgan fingerprint density at radius 2 is 2.18 bits per heavy atom. The first-order chi connectivity index (χ1) is 10.3. The van der Waals surface area contributed by atoms with Crippen LogP contribution in [0.3, 0.4) is 0 Å². The Labute approximate surface area is 133 Å². The average molecular weight is 320 g/mol. The minimum absolute atomic E-state index is 0.0301. The number of hydrogen-bond donors (Lipinski definition) is 1. The average Bonchev–Trinajstić information content (AvgIpc) is 2.77. The molecule has 2 aromatic rings. The minimum atomic E-state index is -0.281. The number of amides is 1. The maximum Gasteiger partial charge on any atom is 0.229 e. The third-order valence-electron chi connectivity index (χ3n) is 4.34. The largest absolute Gasteiger partial charge is 0.302 e. The Kier molecular flexibility index (Phi) is 3.93. The number of benzene rings is 1. The summed E-state index contributed by atoms with van der Waals surface area (Å²) in [5.41, 5.74) is 0.926. The summed E-state index contributed by atoms with van der Waals surface area (Å²) in [6, 6.07) is 4.48. The molecule has 1 N–H and O–H groups in total. The van der Waals surface area contributed by atoms with E-state index < -0.39 is 0 Å². The summed E-state index contributed by atoms with van der Waals surface area (Å²) in [4.78, 5) is 16.9. The topological polar surface area (TPSA) is 42.0 Å². The highest BCUT2D eigenvalue weighted by Gasteiger charge is 2.35. The Morgan fingerprint density at radius 1 is 1.41 bits per heavy atom. The van der Waals surface area contributed by atoms with Crippen molar-refractivity contribution in [2.45, 2.75) is 40.0 Å². The molecule has 1 aromatic carbocycles. The fourth-order valence-corrected chi connectivity index (χ4v) is 4.60. The summed E-state index contributed by atoms with van der Waals surface area (Å²) in [5.74, 6) is 0.350. The molecule has 3 nitrogen and oxygen atoms in total. The van der Waals surface area contributed by atoms with E-state index in [9.17, 15) is 9.18 Å². The Morgan fingerprint density at radius 3 is 2.91 bits per heavy atom. The molecule has 1 aromatic heterocycles. The molecule has 0 spiro atoms. The molecular weight excluding hydrogens is 299 g/mol. The molecular formula is C17H21FN2OS. The number of carbonyl (C=O) groups is 1. The van der Waals surface area contributed by atoms with Crippen LogP contribution in [0.2, 0.25) is 0 Å². The van der Waals surface area contributed by atoms with Crippen LogP contribution in [-0.2, 0) is 4.79 Å². The van der Waals surface area contributed by atoms with Crippen LogP contribution in [0.5, 0.6) is 0 Å². The van der Waals surface area contributed by atoms with Gasteiger partial charge in [0, 0.05) is 5.92 Å². The highest BCUT2D eigenvalue weighted by Crippen LogP contribution is 2.42.